The first-order valence-electron chi connectivity index (χ1n) is 8.06. The van der Waals surface area contributed by atoms with E-state index in [2.05, 4.69) is 15.3 Å². The molecule has 0 bridgehead atoms. The average molecular weight is 354 g/mol. The number of ether oxygens (including phenoxy) is 1. The Morgan fingerprint density at radius 3 is 2.77 bits per heavy atom. The highest BCUT2D eigenvalue weighted by Gasteiger charge is 2.07. The number of rotatable bonds is 6. The van der Waals surface area contributed by atoms with E-state index in [4.69, 9.17) is 14.9 Å². The van der Waals surface area contributed by atoms with E-state index in [-0.39, 0.29) is 11.8 Å². The third kappa shape index (κ3) is 4.38. The molecule has 7 heteroatoms. The first-order valence-corrected chi connectivity index (χ1v) is 8.06. The topological polar surface area (TPSA) is 85.7 Å². The smallest absolute Gasteiger partial charge is 0.226 e. The van der Waals surface area contributed by atoms with Crippen molar-refractivity contribution >= 4 is 11.6 Å². The fraction of sp³-hybridized carbons (Fsp3) is 0.158. The molecule has 6 nitrogen and oxygen atoms in total. The van der Waals surface area contributed by atoms with Gasteiger partial charge in [-0.3, -0.25) is 4.99 Å². The van der Waals surface area contributed by atoms with Crippen LogP contribution in [0, 0.1) is 5.82 Å². The lowest BCUT2D eigenvalue weighted by atomic mass is 10.2. The van der Waals surface area contributed by atoms with Crippen LogP contribution in [0.2, 0.25) is 0 Å². The van der Waals surface area contributed by atoms with Gasteiger partial charge < -0.3 is 20.2 Å². The summed E-state index contributed by atoms with van der Waals surface area (Å²) in [5, 5.41) is 3.01. The Morgan fingerprint density at radius 2 is 2.00 bits per heavy atom. The van der Waals surface area contributed by atoms with Gasteiger partial charge in [0, 0.05) is 18.5 Å². The maximum Gasteiger partial charge on any atom is 0.226 e. The molecule has 0 radical (unpaired) electrons. The van der Waals surface area contributed by atoms with Gasteiger partial charge in [-0.15, -0.1) is 0 Å². The highest BCUT2D eigenvalue weighted by atomic mass is 19.1. The van der Waals surface area contributed by atoms with Crippen molar-refractivity contribution in [2.45, 2.75) is 6.42 Å². The number of methoxy groups -OCH3 is 1. The Hall–Kier alpha value is -3.35. The van der Waals surface area contributed by atoms with Gasteiger partial charge in [-0.05, 0) is 36.4 Å². The Kier molecular flexibility index (Phi) is 5.48. The van der Waals surface area contributed by atoms with Crippen molar-refractivity contribution in [2.24, 2.45) is 10.7 Å². The van der Waals surface area contributed by atoms with Gasteiger partial charge in [-0.2, -0.15) is 0 Å². The normalized spacial score (nSPS) is 11.4. The van der Waals surface area contributed by atoms with Gasteiger partial charge in [0.2, 0.25) is 5.89 Å². The second kappa shape index (κ2) is 8.15. The number of nitrogens with two attached hydrogens (primary N) is 1. The molecule has 0 unspecified atom stereocenters. The third-order valence-corrected chi connectivity index (χ3v) is 3.66. The summed E-state index contributed by atoms with van der Waals surface area (Å²) in [5.41, 5.74) is 8.12. The predicted molar refractivity (Wildman–Crippen MR) is 98.7 cm³/mol. The van der Waals surface area contributed by atoms with Crippen molar-refractivity contribution in [1.82, 2.24) is 4.98 Å². The molecule has 0 saturated heterocycles. The van der Waals surface area contributed by atoms with Crippen LogP contribution in [0.4, 0.5) is 10.1 Å². The zero-order chi connectivity index (χ0) is 18.4. The standard InChI is InChI=1S/C19H19FN4O2/c1-25-17-5-3-2-4-16(17)24-19(21)22-11-10-15-12-26-18(23-15)13-6-8-14(20)9-7-13/h2-9,12H,10-11H2,1H3,(H3,21,22,24). The lowest BCUT2D eigenvalue weighted by Gasteiger charge is -2.09. The van der Waals surface area contributed by atoms with Gasteiger partial charge in [0.05, 0.1) is 18.5 Å². The maximum absolute atomic E-state index is 13.0. The predicted octanol–water partition coefficient (Wildman–Crippen LogP) is 3.46. The van der Waals surface area contributed by atoms with Crippen molar-refractivity contribution in [3.63, 3.8) is 0 Å². The number of anilines is 1. The van der Waals surface area contributed by atoms with E-state index >= 15 is 0 Å². The van der Waals surface area contributed by atoms with Gasteiger partial charge in [0.25, 0.3) is 0 Å². The summed E-state index contributed by atoms with van der Waals surface area (Å²) in [5.74, 6) is 1.12. The highest BCUT2D eigenvalue weighted by molar-refractivity contribution is 5.93. The molecule has 3 rings (SSSR count). The van der Waals surface area contributed by atoms with Crippen LogP contribution < -0.4 is 15.8 Å². The molecule has 0 amide bonds. The number of hydrogen-bond acceptors (Lipinski definition) is 4. The number of nitrogens with one attached hydrogen (secondary N) is 1. The average Bonchev–Trinajstić information content (AvgIpc) is 3.11. The number of hydrogen-bond donors (Lipinski definition) is 2. The summed E-state index contributed by atoms with van der Waals surface area (Å²) in [6.07, 6.45) is 2.14. The molecule has 0 aliphatic heterocycles. The lowest BCUT2D eigenvalue weighted by Crippen LogP contribution is -2.23. The first-order chi connectivity index (χ1) is 12.7. The van der Waals surface area contributed by atoms with E-state index in [1.165, 1.54) is 12.1 Å². The van der Waals surface area contributed by atoms with E-state index in [1.807, 2.05) is 24.3 Å². The van der Waals surface area contributed by atoms with Crippen LogP contribution in [0.3, 0.4) is 0 Å². The summed E-state index contributed by atoms with van der Waals surface area (Å²) in [6, 6.07) is 13.4. The van der Waals surface area contributed by atoms with Gasteiger partial charge in [0.1, 0.15) is 17.8 Å². The lowest BCUT2D eigenvalue weighted by molar-refractivity contribution is 0.417. The van der Waals surface area contributed by atoms with Crippen molar-refractivity contribution in [1.29, 1.82) is 0 Å². The van der Waals surface area contributed by atoms with Gasteiger partial charge in [-0.1, -0.05) is 12.1 Å². The van der Waals surface area contributed by atoms with Crippen molar-refractivity contribution in [3.05, 3.63) is 66.3 Å². The highest BCUT2D eigenvalue weighted by Crippen LogP contribution is 2.22. The molecule has 1 heterocycles. The molecular weight excluding hydrogens is 335 g/mol. The van der Waals surface area contributed by atoms with Crippen molar-refractivity contribution < 1.29 is 13.5 Å². The van der Waals surface area contributed by atoms with Crippen LogP contribution >= 0.6 is 0 Å². The maximum atomic E-state index is 13.0. The second-order valence-electron chi connectivity index (χ2n) is 5.49. The Labute approximate surface area is 150 Å². The minimum Gasteiger partial charge on any atom is -0.495 e. The molecule has 2 aromatic carbocycles. The molecule has 0 fully saturated rings. The molecule has 3 N–H and O–H groups in total. The number of guanidine groups is 1. The summed E-state index contributed by atoms with van der Waals surface area (Å²) >= 11 is 0. The zero-order valence-electron chi connectivity index (χ0n) is 14.3. The summed E-state index contributed by atoms with van der Waals surface area (Å²) in [7, 11) is 1.59. The number of halogens is 1. The second-order valence-corrected chi connectivity index (χ2v) is 5.49. The van der Waals surface area contributed by atoms with Crippen molar-refractivity contribution in [2.75, 3.05) is 19.0 Å². The van der Waals surface area contributed by atoms with E-state index < -0.39 is 0 Å². The fourth-order valence-electron chi connectivity index (χ4n) is 2.36. The third-order valence-electron chi connectivity index (χ3n) is 3.66. The summed E-state index contributed by atoms with van der Waals surface area (Å²) < 4.78 is 23.6. The van der Waals surface area contributed by atoms with Crippen molar-refractivity contribution in [3.8, 4) is 17.2 Å². The molecule has 0 spiro atoms. The number of aliphatic imine (C=N–C) groups is 1. The van der Waals surface area contributed by atoms with Gasteiger partial charge in [-0.25, -0.2) is 9.37 Å². The summed E-state index contributed by atoms with van der Waals surface area (Å²) in [6.45, 7) is 0.448. The van der Waals surface area contributed by atoms with Crippen LogP contribution in [0.25, 0.3) is 11.5 Å². The fourth-order valence-corrected chi connectivity index (χ4v) is 2.36. The molecule has 26 heavy (non-hydrogen) atoms. The minimum absolute atomic E-state index is 0.289. The van der Waals surface area contributed by atoms with Crippen LogP contribution in [0.1, 0.15) is 5.69 Å². The molecule has 134 valence electrons. The number of nitrogens with zero attached hydrogens (tertiary/aromatic N) is 2. The largest absolute Gasteiger partial charge is 0.495 e. The molecular formula is C19H19FN4O2. The molecule has 0 aliphatic carbocycles. The Bertz CT molecular complexity index is 891. The van der Waals surface area contributed by atoms with Gasteiger partial charge >= 0.3 is 0 Å². The van der Waals surface area contributed by atoms with E-state index in [0.29, 0.717) is 24.6 Å². The summed E-state index contributed by atoms with van der Waals surface area (Å²) in [4.78, 5) is 8.66. The van der Waals surface area contributed by atoms with E-state index in [9.17, 15) is 4.39 Å². The van der Waals surface area contributed by atoms with Crippen LogP contribution in [-0.4, -0.2) is 24.6 Å². The first kappa shape index (κ1) is 17.5. The number of oxazole rings is 1. The zero-order valence-corrected chi connectivity index (χ0v) is 14.3. The van der Waals surface area contributed by atoms with E-state index in [0.717, 1.165) is 16.9 Å². The van der Waals surface area contributed by atoms with Gasteiger partial charge in [0.15, 0.2) is 5.96 Å². The molecule has 0 saturated carbocycles. The van der Waals surface area contributed by atoms with E-state index in [1.54, 1.807) is 25.5 Å². The minimum atomic E-state index is -0.298. The van der Waals surface area contributed by atoms with Crippen LogP contribution in [-0.2, 0) is 6.42 Å². The number of benzene rings is 2. The molecule has 0 atom stereocenters. The number of para-hydroxylation sites is 2. The van der Waals surface area contributed by atoms with Crippen LogP contribution in [0.15, 0.2) is 64.2 Å². The monoisotopic (exact) mass is 354 g/mol. The SMILES string of the molecule is COc1ccccc1NC(N)=NCCc1coc(-c2ccc(F)cc2)n1. The van der Waals surface area contributed by atoms with Crippen LogP contribution in [0.5, 0.6) is 5.75 Å². The molecule has 3 aromatic rings. The Balaban J connectivity index is 1.57. The quantitative estimate of drug-likeness (QED) is 0.523. The molecule has 0 aliphatic rings. The molecule has 1 aromatic heterocycles. The Morgan fingerprint density at radius 1 is 1.23 bits per heavy atom. The number of aromatic nitrogens is 1.